The first-order valence-corrected chi connectivity index (χ1v) is 10.8. The molecule has 1 saturated carbocycles. The molecule has 0 radical (unpaired) electrons. The molecule has 4 aromatic rings. The van der Waals surface area contributed by atoms with Crippen LogP contribution in [0, 0.1) is 0 Å². The first kappa shape index (κ1) is 18.3. The summed E-state index contributed by atoms with van der Waals surface area (Å²) < 4.78 is 1.32. The van der Waals surface area contributed by atoms with Crippen molar-refractivity contribution >= 4 is 39.4 Å². The van der Waals surface area contributed by atoms with Crippen LogP contribution in [0.5, 0.6) is 0 Å². The van der Waals surface area contributed by atoms with E-state index in [0.29, 0.717) is 5.92 Å². The van der Waals surface area contributed by atoms with Gasteiger partial charge in [0, 0.05) is 21.9 Å². The van der Waals surface area contributed by atoms with E-state index < -0.39 is 10.7 Å². The van der Waals surface area contributed by atoms with Crippen molar-refractivity contribution in [2.45, 2.75) is 42.2 Å². The highest BCUT2D eigenvalue weighted by Gasteiger charge is 2.30. The highest BCUT2D eigenvalue weighted by Crippen LogP contribution is 2.45. The Morgan fingerprint density at radius 1 is 0.966 bits per heavy atom. The lowest BCUT2D eigenvalue weighted by Crippen LogP contribution is -2.26. The summed E-state index contributed by atoms with van der Waals surface area (Å²) in [5.74, 6) is -0.114. The van der Waals surface area contributed by atoms with E-state index in [4.69, 9.17) is 0 Å². The van der Waals surface area contributed by atoms with Crippen LogP contribution < -0.4 is 0 Å². The van der Waals surface area contributed by atoms with Gasteiger partial charge in [0.2, 0.25) is 0 Å². The lowest BCUT2D eigenvalue weighted by Gasteiger charge is -2.17. The normalized spacial score (nSPS) is 14.6. The lowest BCUT2D eigenvalue weighted by atomic mass is 9.99. The first-order chi connectivity index (χ1) is 14.0. The molecule has 0 unspecified atom stereocenters. The van der Waals surface area contributed by atoms with Crippen molar-refractivity contribution in [1.29, 1.82) is 0 Å². The zero-order valence-corrected chi connectivity index (χ0v) is 17.4. The summed E-state index contributed by atoms with van der Waals surface area (Å²) in [5.41, 5.74) is 3.68. The lowest BCUT2D eigenvalue weighted by molar-refractivity contribution is -0.138. The molecule has 29 heavy (non-hydrogen) atoms. The molecule has 0 aliphatic heterocycles. The summed E-state index contributed by atoms with van der Waals surface area (Å²) >= 11 is 1.40. The second-order valence-electron chi connectivity index (χ2n) is 8.29. The average Bonchev–Trinajstić information content (AvgIpc) is 3.50. The third-order valence-corrected chi connectivity index (χ3v) is 7.00. The van der Waals surface area contributed by atoms with Crippen molar-refractivity contribution < 1.29 is 9.90 Å². The molecule has 0 bridgehead atoms. The van der Waals surface area contributed by atoms with Gasteiger partial charge in [-0.15, -0.1) is 11.8 Å². The largest absolute Gasteiger partial charge is 0.480 e. The van der Waals surface area contributed by atoms with Crippen molar-refractivity contribution in [3.05, 3.63) is 72.4 Å². The second-order valence-corrected chi connectivity index (χ2v) is 9.96. The molecule has 0 spiro atoms. The van der Waals surface area contributed by atoms with Gasteiger partial charge >= 0.3 is 5.97 Å². The molecule has 1 aliphatic carbocycles. The number of hydrogen-bond acceptors (Lipinski definition) is 2. The Morgan fingerprint density at radius 2 is 1.62 bits per heavy atom. The van der Waals surface area contributed by atoms with Crippen LogP contribution in [0.1, 0.15) is 38.2 Å². The molecule has 4 heteroatoms. The maximum absolute atomic E-state index is 11.7. The molecule has 1 aliphatic rings. The minimum Gasteiger partial charge on any atom is -0.480 e. The zero-order chi connectivity index (χ0) is 20.2. The Hall–Kier alpha value is -2.72. The fourth-order valence-corrected chi connectivity index (χ4v) is 5.09. The maximum atomic E-state index is 11.7. The number of carboxylic acids is 1. The van der Waals surface area contributed by atoms with Gasteiger partial charge in [-0.05, 0) is 55.7 Å². The van der Waals surface area contributed by atoms with E-state index in [2.05, 4.69) is 59.3 Å². The van der Waals surface area contributed by atoms with Crippen LogP contribution in [0.2, 0.25) is 0 Å². The molecule has 1 fully saturated rings. The van der Waals surface area contributed by atoms with Crippen molar-refractivity contribution in [2.24, 2.45) is 0 Å². The Labute approximate surface area is 174 Å². The van der Waals surface area contributed by atoms with E-state index in [1.165, 1.54) is 40.9 Å². The summed E-state index contributed by atoms with van der Waals surface area (Å²) in [6.07, 6.45) is 4.65. The molecule has 1 heterocycles. The minimum absolute atomic E-state index is 0.692. The van der Waals surface area contributed by atoms with Gasteiger partial charge in [0.1, 0.15) is 4.75 Å². The fourth-order valence-electron chi connectivity index (χ4n) is 4.01. The molecule has 1 aromatic heterocycles. The molecular weight excluding hydrogens is 378 g/mol. The van der Waals surface area contributed by atoms with Gasteiger partial charge in [0.25, 0.3) is 0 Å². The van der Waals surface area contributed by atoms with Crippen molar-refractivity contribution in [3.63, 3.8) is 0 Å². The van der Waals surface area contributed by atoms with Crippen LogP contribution in [0.25, 0.3) is 27.4 Å². The van der Waals surface area contributed by atoms with Gasteiger partial charge < -0.3 is 9.67 Å². The number of aliphatic carboxylic acids is 1. The number of hydrogen-bond donors (Lipinski definition) is 1. The number of nitrogens with zero attached hydrogens (tertiary/aromatic N) is 1. The average molecular weight is 402 g/mol. The van der Waals surface area contributed by atoms with E-state index in [1.807, 2.05) is 12.1 Å². The Morgan fingerprint density at radius 3 is 2.31 bits per heavy atom. The quantitative estimate of drug-likeness (QED) is 0.382. The third kappa shape index (κ3) is 3.12. The SMILES string of the molecule is CC(C)(Sc1cn(-c2ccc(C3CC3)c3ccccc23)c2ccccc12)C(=O)O. The predicted octanol–water partition coefficient (Wildman–Crippen LogP) is 6.62. The Kier molecular flexibility index (Phi) is 4.21. The van der Waals surface area contributed by atoms with Gasteiger partial charge in [-0.2, -0.15) is 0 Å². The number of fused-ring (bicyclic) bond motifs is 2. The van der Waals surface area contributed by atoms with Crippen molar-refractivity contribution in [2.75, 3.05) is 0 Å². The van der Waals surface area contributed by atoms with Crippen LogP contribution in [-0.2, 0) is 4.79 Å². The Balaban J connectivity index is 1.72. The number of thioether (sulfide) groups is 1. The van der Waals surface area contributed by atoms with E-state index in [1.54, 1.807) is 13.8 Å². The van der Waals surface area contributed by atoms with Gasteiger partial charge in [0.15, 0.2) is 0 Å². The molecular formula is C25H23NO2S. The third-order valence-electron chi connectivity index (χ3n) is 5.77. The summed E-state index contributed by atoms with van der Waals surface area (Å²) in [6, 6.07) is 21.4. The molecule has 1 N–H and O–H groups in total. The number of benzene rings is 3. The Bertz CT molecular complexity index is 1250. The topological polar surface area (TPSA) is 42.2 Å². The van der Waals surface area contributed by atoms with Crippen molar-refractivity contribution in [1.82, 2.24) is 4.57 Å². The van der Waals surface area contributed by atoms with Gasteiger partial charge in [-0.1, -0.05) is 48.5 Å². The monoisotopic (exact) mass is 401 g/mol. The summed E-state index contributed by atoms with van der Waals surface area (Å²) in [4.78, 5) is 12.7. The molecule has 146 valence electrons. The molecule has 0 atom stereocenters. The van der Waals surface area contributed by atoms with Crippen LogP contribution in [0.4, 0.5) is 0 Å². The number of para-hydroxylation sites is 1. The number of carboxylic acid groups (broad SMARTS) is 1. The van der Waals surface area contributed by atoms with Crippen LogP contribution in [0.3, 0.4) is 0 Å². The van der Waals surface area contributed by atoms with E-state index in [0.717, 1.165) is 21.5 Å². The van der Waals surface area contributed by atoms with E-state index in [-0.39, 0.29) is 0 Å². The standard InChI is InChI=1S/C25H23NO2S/c1-25(2,24(27)28)29-23-15-26(21-10-6-5-9-20(21)23)22-14-13-17(16-11-12-16)18-7-3-4-8-19(18)22/h3-10,13-16H,11-12H2,1-2H3,(H,27,28). The van der Waals surface area contributed by atoms with Crippen LogP contribution in [-0.4, -0.2) is 20.4 Å². The number of aromatic nitrogens is 1. The van der Waals surface area contributed by atoms with Crippen molar-refractivity contribution in [3.8, 4) is 5.69 Å². The summed E-state index contributed by atoms with van der Waals surface area (Å²) in [7, 11) is 0. The smallest absolute Gasteiger partial charge is 0.319 e. The van der Waals surface area contributed by atoms with Crippen LogP contribution in [0.15, 0.2) is 71.8 Å². The molecule has 3 aromatic carbocycles. The maximum Gasteiger partial charge on any atom is 0.319 e. The number of carbonyl (C=O) groups is 1. The van der Waals surface area contributed by atoms with Gasteiger partial charge in [-0.25, -0.2) is 0 Å². The molecule has 5 rings (SSSR count). The van der Waals surface area contributed by atoms with Crippen LogP contribution >= 0.6 is 11.8 Å². The van der Waals surface area contributed by atoms with Gasteiger partial charge in [0.05, 0.1) is 11.2 Å². The predicted molar refractivity (Wildman–Crippen MR) is 120 cm³/mol. The molecule has 0 amide bonds. The first-order valence-electron chi connectivity index (χ1n) is 10.0. The highest BCUT2D eigenvalue weighted by atomic mass is 32.2. The van der Waals surface area contributed by atoms with E-state index in [9.17, 15) is 9.90 Å². The second kappa shape index (κ2) is 6.67. The molecule has 3 nitrogen and oxygen atoms in total. The molecule has 0 saturated heterocycles. The minimum atomic E-state index is -0.896. The zero-order valence-electron chi connectivity index (χ0n) is 16.6. The summed E-state index contributed by atoms with van der Waals surface area (Å²) in [6.45, 7) is 3.51. The van der Waals surface area contributed by atoms with E-state index >= 15 is 0 Å². The highest BCUT2D eigenvalue weighted by molar-refractivity contribution is 8.01. The summed E-state index contributed by atoms with van der Waals surface area (Å²) in [5, 5.41) is 13.3. The number of rotatable bonds is 5. The fraction of sp³-hybridized carbons (Fsp3) is 0.240. The van der Waals surface area contributed by atoms with Gasteiger partial charge in [-0.3, -0.25) is 4.79 Å².